The predicted molar refractivity (Wildman–Crippen MR) is 69.7 cm³/mol. The fraction of sp³-hybridized carbons (Fsp3) is 0.571. The van der Waals surface area contributed by atoms with Gasteiger partial charge in [-0.05, 0) is 43.9 Å². The van der Waals surface area contributed by atoms with E-state index in [1.165, 1.54) is 25.0 Å². The summed E-state index contributed by atoms with van der Waals surface area (Å²) >= 11 is 0. The van der Waals surface area contributed by atoms with Crippen molar-refractivity contribution < 1.29 is 14.9 Å². The van der Waals surface area contributed by atoms with Crippen molar-refractivity contribution in [3.63, 3.8) is 0 Å². The highest BCUT2D eigenvalue weighted by molar-refractivity contribution is 5.40. The first-order valence-corrected chi connectivity index (χ1v) is 6.50. The maximum atomic E-state index is 9.71. The number of ether oxygens (including phenoxy) is 1. The SMILES string of the molecule is CC(NCCOCC1CC1)c1cc(O)ccc1O. The average Bonchev–Trinajstić information content (AvgIpc) is 3.15. The molecule has 0 radical (unpaired) electrons. The lowest BCUT2D eigenvalue weighted by Crippen LogP contribution is -2.23. The van der Waals surface area contributed by atoms with Crippen LogP contribution in [0.25, 0.3) is 0 Å². The van der Waals surface area contributed by atoms with Crippen LogP contribution in [0, 0.1) is 5.92 Å². The Bertz CT molecular complexity index is 391. The zero-order valence-electron chi connectivity index (χ0n) is 10.7. The van der Waals surface area contributed by atoms with Gasteiger partial charge in [-0.1, -0.05) is 0 Å². The molecule has 1 fully saturated rings. The molecule has 1 atom stereocenters. The molecule has 1 aromatic rings. The van der Waals surface area contributed by atoms with Gasteiger partial charge in [-0.3, -0.25) is 0 Å². The first-order valence-electron chi connectivity index (χ1n) is 6.50. The molecule has 100 valence electrons. The van der Waals surface area contributed by atoms with Crippen LogP contribution in [0.1, 0.15) is 31.4 Å². The van der Waals surface area contributed by atoms with E-state index in [9.17, 15) is 10.2 Å². The van der Waals surface area contributed by atoms with Gasteiger partial charge in [0.1, 0.15) is 11.5 Å². The van der Waals surface area contributed by atoms with Gasteiger partial charge in [-0.15, -0.1) is 0 Å². The molecule has 0 aliphatic heterocycles. The third-order valence-corrected chi connectivity index (χ3v) is 3.23. The van der Waals surface area contributed by atoms with Gasteiger partial charge in [-0.25, -0.2) is 0 Å². The van der Waals surface area contributed by atoms with Crippen LogP contribution in [-0.4, -0.2) is 30.0 Å². The smallest absolute Gasteiger partial charge is 0.120 e. The van der Waals surface area contributed by atoms with Crippen molar-refractivity contribution in [2.75, 3.05) is 19.8 Å². The van der Waals surface area contributed by atoms with Crippen LogP contribution in [0.4, 0.5) is 0 Å². The minimum atomic E-state index is -0.0124. The molecule has 1 unspecified atom stereocenters. The summed E-state index contributed by atoms with van der Waals surface area (Å²) in [6.07, 6.45) is 2.61. The van der Waals surface area contributed by atoms with E-state index < -0.39 is 0 Å². The first kappa shape index (κ1) is 13.2. The van der Waals surface area contributed by atoms with E-state index >= 15 is 0 Å². The molecule has 3 N–H and O–H groups in total. The molecule has 18 heavy (non-hydrogen) atoms. The molecule has 0 bridgehead atoms. The fourth-order valence-corrected chi connectivity index (χ4v) is 1.88. The molecule has 1 aromatic carbocycles. The minimum absolute atomic E-state index is 0.0124. The Balaban J connectivity index is 1.72. The zero-order chi connectivity index (χ0) is 13.0. The average molecular weight is 251 g/mol. The van der Waals surface area contributed by atoms with E-state index in [-0.39, 0.29) is 17.5 Å². The van der Waals surface area contributed by atoms with E-state index in [0.717, 1.165) is 19.1 Å². The Kier molecular flexibility index (Phi) is 4.44. The Hall–Kier alpha value is -1.26. The molecular weight excluding hydrogens is 230 g/mol. The molecule has 4 heteroatoms. The molecule has 1 aliphatic carbocycles. The van der Waals surface area contributed by atoms with Gasteiger partial charge >= 0.3 is 0 Å². The summed E-state index contributed by atoms with van der Waals surface area (Å²) in [6, 6.07) is 4.55. The number of aromatic hydroxyl groups is 2. The van der Waals surface area contributed by atoms with Crippen molar-refractivity contribution in [2.45, 2.75) is 25.8 Å². The summed E-state index contributed by atoms with van der Waals surface area (Å²) < 4.78 is 5.52. The number of hydrogen-bond acceptors (Lipinski definition) is 4. The van der Waals surface area contributed by atoms with Crippen molar-refractivity contribution in [2.24, 2.45) is 5.92 Å². The van der Waals surface area contributed by atoms with Gasteiger partial charge in [0.05, 0.1) is 6.61 Å². The lowest BCUT2D eigenvalue weighted by Gasteiger charge is -2.16. The summed E-state index contributed by atoms with van der Waals surface area (Å²) in [5, 5.41) is 22.4. The number of phenolic OH excluding ortho intramolecular Hbond substituents is 2. The zero-order valence-corrected chi connectivity index (χ0v) is 10.7. The number of rotatable bonds is 7. The van der Waals surface area contributed by atoms with Crippen molar-refractivity contribution in [3.05, 3.63) is 23.8 Å². The van der Waals surface area contributed by atoms with E-state index in [0.29, 0.717) is 12.2 Å². The largest absolute Gasteiger partial charge is 0.508 e. The maximum absolute atomic E-state index is 9.71. The third-order valence-electron chi connectivity index (χ3n) is 3.23. The second kappa shape index (κ2) is 6.07. The molecule has 1 aliphatic rings. The number of phenols is 2. The van der Waals surface area contributed by atoms with Crippen LogP contribution >= 0.6 is 0 Å². The standard InChI is InChI=1S/C14H21NO3/c1-10(13-8-12(16)4-5-14(13)17)15-6-7-18-9-11-2-3-11/h4-5,8,10-11,15-17H,2-3,6-7,9H2,1H3. The molecule has 1 saturated carbocycles. The molecule has 0 heterocycles. The molecule has 2 rings (SSSR count). The molecule has 0 spiro atoms. The number of hydrogen-bond donors (Lipinski definition) is 3. The Labute approximate surface area is 108 Å². The van der Waals surface area contributed by atoms with Crippen molar-refractivity contribution in [1.29, 1.82) is 0 Å². The van der Waals surface area contributed by atoms with Crippen molar-refractivity contribution in [1.82, 2.24) is 5.32 Å². The van der Waals surface area contributed by atoms with Crippen LogP contribution in [-0.2, 0) is 4.74 Å². The van der Waals surface area contributed by atoms with Crippen LogP contribution in [0.15, 0.2) is 18.2 Å². The van der Waals surface area contributed by atoms with Gasteiger partial charge in [0.2, 0.25) is 0 Å². The highest BCUT2D eigenvalue weighted by Crippen LogP contribution is 2.29. The Morgan fingerprint density at radius 1 is 1.39 bits per heavy atom. The lowest BCUT2D eigenvalue weighted by atomic mass is 10.1. The van der Waals surface area contributed by atoms with Crippen molar-refractivity contribution in [3.8, 4) is 11.5 Å². The second-order valence-corrected chi connectivity index (χ2v) is 4.94. The summed E-state index contributed by atoms with van der Waals surface area (Å²) in [5.74, 6) is 1.16. The van der Waals surface area contributed by atoms with Crippen LogP contribution in [0.3, 0.4) is 0 Å². The second-order valence-electron chi connectivity index (χ2n) is 4.94. The predicted octanol–water partition coefficient (Wildman–Crippen LogP) is 2.18. The third kappa shape index (κ3) is 3.89. The van der Waals surface area contributed by atoms with E-state index in [1.54, 1.807) is 6.07 Å². The molecule has 0 aromatic heterocycles. The lowest BCUT2D eigenvalue weighted by molar-refractivity contribution is 0.124. The van der Waals surface area contributed by atoms with Gasteiger partial charge in [-0.2, -0.15) is 0 Å². The summed E-state index contributed by atoms with van der Waals surface area (Å²) in [5.41, 5.74) is 0.706. The minimum Gasteiger partial charge on any atom is -0.508 e. The fourth-order valence-electron chi connectivity index (χ4n) is 1.88. The number of benzene rings is 1. The first-order chi connectivity index (χ1) is 8.66. The van der Waals surface area contributed by atoms with Gasteiger partial charge in [0.15, 0.2) is 0 Å². The molecule has 4 nitrogen and oxygen atoms in total. The van der Waals surface area contributed by atoms with Gasteiger partial charge in [0, 0.05) is 24.8 Å². The topological polar surface area (TPSA) is 61.7 Å². The van der Waals surface area contributed by atoms with Crippen molar-refractivity contribution >= 4 is 0 Å². The summed E-state index contributed by atoms with van der Waals surface area (Å²) in [4.78, 5) is 0. The monoisotopic (exact) mass is 251 g/mol. The molecular formula is C14H21NO3. The number of nitrogens with one attached hydrogen (secondary N) is 1. The van der Waals surface area contributed by atoms with Gasteiger partial charge < -0.3 is 20.3 Å². The van der Waals surface area contributed by atoms with Gasteiger partial charge in [0.25, 0.3) is 0 Å². The van der Waals surface area contributed by atoms with Crippen LogP contribution in [0.5, 0.6) is 11.5 Å². The van der Waals surface area contributed by atoms with E-state index in [4.69, 9.17) is 4.74 Å². The van der Waals surface area contributed by atoms with Crippen LogP contribution in [0.2, 0.25) is 0 Å². The quantitative estimate of drug-likeness (QED) is 0.513. The summed E-state index contributed by atoms with van der Waals surface area (Å²) in [6.45, 7) is 4.24. The molecule has 0 amide bonds. The highest BCUT2D eigenvalue weighted by Gasteiger charge is 2.20. The Morgan fingerprint density at radius 3 is 2.89 bits per heavy atom. The van der Waals surface area contributed by atoms with Crippen LogP contribution < -0.4 is 5.32 Å². The Morgan fingerprint density at radius 2 is 2.17 bits per heavy atom. The van der Waals surface area contributed by atoms with E-state index in [2.05, 4.69) is 5.32 Å². The normalized spacial score (nSPS) is 16.7. The van der Waals surface area contributed by atoms with E-state index in [1.807, 2.05) is 6.92 Å². The summed E-state index contributed by atoms with van der Waals surface area (Å²) in [7, 11) is 0. The highest BCUT2D eigenvalue weighted by atomic mass is 16.5. The molecule has 0 saturated heterocycles. The maximum Gasteiger partial charge on any atom is 0.120 e.